The van der Waals surface area contributed by atoms with Crippen molar-refractivity contribution >= 4 is 17.6 Å². The third-order valence-corrected chi connectivity index (χ3v) is 4.53. The van der Waals surface area contributed by atoms with Gasteiger partial charge in [-0.25, -0.2) is 4.79 Å². The molecule has 0 bridgehead atoms. The van der Waals surface area contributed by atoms with Crippen molar-refractivity contribution in [3.63, 3.8) is 0 Å². The van der Waals surface area contributed by atoms with Gasteiger partial charge in [0.2, 0.25) is 0 Å². The number of rotatable bonds is 8. The lowest BCUT2D eigenvalue weighted by atomic mass is 10.0. The minimum Gasteiger partial charge on any atom is -0.462 e. The highest BCUT2D eigenvalue weighted by Crippen LogP contribution is 2.29. The monoisotopic (exact) mass is 367 g/mol. The topological polar surface area (TPSA) is 64.6 Å². The first-order chi connectivity index (χ1) is 13.1. The third kappa shape index (κ3) is 5.17. The summed E-state index contributed by atoms with van der Waals surface area (Å²) in [7, 11) is 0. The number of hydrogen-bond donors (Lipinski definition) is 1. The number of anilines is 1. The van der Waals surface area contributed by atoms with Crippen molar-refractivity contribution in [2.45, 2.75) is 32.8 Å². The fraction of sp³-hybridized carbons (Fsp3) is 0.364. The molecule has 1 N–H and O–H groups in total. The van der Waals surface area contributed by atoms with Crippen LogP contribution >= 0.6 is 0 Å². The highest BCUT2D eigenvalue weighted by Gasteiger charge is 2.25. The van der Waals surface area contributed by atoms with Crippen molar-refractivity contribution in [1.29, 1.82) is 0 Å². The third-order valence-electron chi connectivity index (χ3n) is 4.53. The zero-order chi connectivity index (χ0) is 19.2. The van der Waals surface area contributed by atoms with Crippen LogP contribution in [0.25, 0.3) is 11.1 Å². The molecular formula is C22H25NO4. The molecule has 1 amide bonds. The van der Waals surface area contributed by atoms with Gasteiger partial charge in [0.05, 0.1) is 24.5 Å². The zero-order valence-corrected chi connectivity index (χ0v) is 15.7. The maximum atomic E-state index is 12.4. The van der Waals surface area contributed by atoms with E-state index in [1.54, 1.807) is 26.0 Å². The SMILES string of the molecule is CCOC(=O)c1cc(-c2ccccc2)ccc1NC(=O)C(C)OCC1CC1. The molecule has 1 unspecified atom stereocenters. The summed E-state index contributed by atoms with van der Waals surface area (Å²) in [6.45, 7) is 4.35. The summed E-state index contributed by atoms with van der Waals surface area (Å²) in [5.74, 6) is -0.147. The molecule has 0 heterocycles. The summed E-state index contributed by atoms with van der Waals surface area (Å²) < 4.78 is 10.8. The lowest BCUT2D eigenvalue weighted by Gasteiger charge is -2.16. The van der Waals surface area contributed by atoms with Gasteiger partial charge in [0.25, 0.3) is 5.91 Å². The number of carbonyl (C=O) groups excluding carboxylic acids is 2. The number of ether oxygens (including phenoxy) is 2. The van der Waals surface area contributed by atoms with E-state index in [0.29, 0.717) is 23.8 Å². The molecule has 27 heavy (non-hydrogen) atoms. The minimum atomic E-state index is -0.575. The molecule has 142 valence electrons. The van der Waals surface area contributed by atoms with Gasteiger partial charge < -0.3 is 14.8 Å². The molecular weight excluding hydrogens is 342 g/mol. The summed E-state index contributed by atoms with van der Waals surface area (Å²) in [6, 6.07) is 15.1. The molecule has 2 aromatic carbocycles. The second-order valence-corrected chi connectivity index (χ2v) is 6.76. The van der Waals surface area contributed by atoms with E-state index in [0.717, 1.165) is 11.1 Å². The quantitative estimate of drug-likeness (QED) is 0.707. The molecule has 3 rings (SSSR count). The van der Waals surface area contributed by atoms with Gasteiger partial charge in [-0.3, -0.25) is 4.79 Å². The minimum absolute atomic E-state index is 0.267. The largest absolute Gasteiger partial charge is 0.462 e. The van der Waals surface area contributed by atoms with E-state index in [9.17, 15) is 9.59 Å². The maximum Gasteiger partial charge on any atom is 0.340 e. The number of benzene rings is 2. The smallest absolute Gasteiger partial charge is 0.340 e. The number of carbonyl (C=O) groups is 2. The fourth-order valence-electron chi connectivity index (χ4n) is 2.72. The Kier molecular flexibility index (Phi) is 6.24. The molecule has 0 radical (unpaired) electrons. The van der Waals surface area contributed by atoms with Crippen LogP contribution in [-0.2, 0) is 14.3 Å². The van der Waals surface area contributed by atoms with Crippen molar-refractivity contribution < 1.29 is 19.1 Å². The van der Waals surface area contributed by atoms with Crippen molar-refractivity contribution in [3.05, 3.63) is 54.1 Å². The lowest BCUT2D eigenvalue weighted by Crippen LogP contribution is -2.29. The van der Waals surface area contributed by atoms with Crippen LogP contribution in [0.2, 0.25) is 0 Å². The van der Waals surface area contributed by atoms with Crippen molar-refractivity contribution in [1.82, 2.24) is 0 Å². The first-order valence-corrected chi connectivity index (χ1v) is 9.37. The molecule has 1 aliphatic carbocycles. The van der Waals surface area contributed by atoms with E-state index < -0.39 is 12.1 Å². The molecule has 0 aromatic heterocycles. The van der Waals surface area contributed by atoms with Crippen LogP contribution in [0.5, 0.6) is 0 Å². The molecule has 5 heteroatoms. The van der Waals surface area contributed by atoms with Crippen LogP contribution in [0.15, 0.2) is 48.5 Å². The standard InChI is InChI=1S/C22H25NO4/c1-3-26-22(25)19-13-18(17-7-5-4-6-8-17)11-12-20(19)23-21(24)15(2)27-14-16-9-10-16/h4-8,11-13,15-16H,3,9-10,14H2,1-2H3,(H,23,24). The number of nitrogens with one attached hydrogen (secondary N) is 1. The van der Waals surface area contributed by atoms with Gasteiger partial charge in [-0.15, -0.1) is 0 Å². The maximum absolute atomic E-state index is 12.4. The Morgan fingerprint density at radius 3 is 2.52 bits per heavy atom. The van der Waals surface area contributed by atoms with E-state index in [2.05, 4.69) is 5.32 Å². The first-order valence-electron chi connectivity index (χ1n) is 9.37. The van der Waals surface area contributed by atoms with Crippen LogP contribution in [0.1, 0.15) is 37.0 Å². The molecule has 0 saturated heterocycles. The predicted molar refractivity (Wildman–Crippen MR) is 105 cm³/mol. The van der Waals surface area contributed by atoms with Crippen molar-refractivity contribution in [3.8, 4) is 11.1 Å². The molecule has 1 aliphatic rings. The summed E-state index contributed by atoms with van der Waals surface area (Å²) in [4.78, 5) is 24.9. The molecule has 5 nitrogen and oxygen atoms in total. The van der Waals surface area contributed by atoms with Gasteiger partial charge in [-0.2, -0.15) is 0 Å². The Morgan fingerprint density at radius 2 is 1.85 bits per heavy atom. The van der Waals surface area contributed by atoms with Crippen LogP contribution in [-0.4, -0.2) is 31.2 Å². The van der Waals surface area contributed by atoms with E-state index in [1.165, 1.54) is 12.8 Å². The van der Waals surface area contributed by atoms with Crippen LogP contribution < -0.4 is 5.32 Å². The van der Waals surface area contributed by atoms with Crippen molar-refractivity contribution in [2.24, 2.45) is 5.92 Å². The Balaban J connectivity index is 1.80. The first kappa shape index (κ1) is 19.1. The van der Waals surface area contributed by atoms with E-state index in [-0.39, 0.29) is 12.5 Å². The normalized spacial score (nSPS) is 14.4. The Bertz CT molecular complexity index is 799. The second-order valence-electron chi connectivity index (χ2n) is 6.76. The molecule has 1 atom stereocenters. The predicted octanol–water partition coefficient (Wildman–Crippen LogP) is 4.28. The van der Waals surface area contributed by atoms with Crippen LogP contribution in [0.4, 0.5) is 5.69 Å². The average Bonchev–Trinajstić information content (AvgIpc) is 3.51. The highest BCUT2D eigenvalue weighted by molar-refractivity contribution is 6.03. The van der Waals surface area contributed by atoms with E-state index in [1.807, 2.05) is 36.4 Å². The molecule has 0 aliphatic heterocycles. The Morgan fingerprint density at radius 1 is 1.11 bits per heavy atom. The van der Waals surface area contributed by atoms with Gasteiger partial charge in [-0.1, -0.05) is 36.4 Å². The van der Waals surface area contributed by atoms with Gasteiger partial charge in [0.15, 0.2) is 0 Å². The summed E-state index contributed by atoms with van der Waals surface area (Å²) in [6.07, 6.45) is 1.76. The van der Waals surface area contributed by atoms with Gasteiger partial charge in [-0.05, 0) is 55.9 Å². The Labute approximate surface area is 159 Å². The average molecular weight is 367 g/mol. The number of esters is 1. The number of hydrogen-bond acceptors (Lipinski definition) is 4. The lowest BCUT2D eigenvalue weighted by molar-refractivity contribution is -0.126. The zero-order valence-electron chi connectivity index (χ0n) is 15.7. The van der Waals surface area contributed by atoms with Crippen LogP contribution in [0, 0.1) is 5.92 Å². The van der Waals surface area contributed by atoms with E-state index >= 15 is 0 Å². The summed E-state index contributed by atoms with van der Waals surface area (Å²) in [5, 5.41) is 2.81. The van der Waals surface area contributed by atoms with Crippen molar-refractivity contribution in [2.75, 3.05) is 18.5 Å². The fourth-order valence-corrected chi connectivity index (χ4v) is 2.72. The summed E-state index contributed by atoms with van der Waals surface area (Å²) >= 11 is 0. The summed E-state index contributed by atoms with van der Waals surface area (Å²) in [5.41, 5.74) is 2.64. The van der Waals surface area contributed by atoms with Gasteiger partial charge in [0, 0.05) is 0 Å². The molecule has 0 spiro atoms. The molecule has 2 aromatic rings. The van der Waals surface area contributed by atoms with Gasteiger partial charge in [0.1, 0.15) is 6.10 Å². The number of amides is 1. The van der Waals surface area contributed by atoms with E-state index in [4.69, 9.17) is 9.47 Å². The molecule has 1 saturated carbocycles. The highest BCUT2D eigenvalue weighted by atomic mass is 16.5. The molecule has 1 fully saturated rings. The second kappa shape index (κ2) is 8.82. The Hall–Kier alpha value is -2.66. The van der Waals surface area contributed by atoms with Gasteiger partial charge >= 0.3 is 5.97 Å². The van der Waals surface area contributed by atoms with Crippen LogP contribution in [0.3, 0.4) is 0 Å².